The van der Waals surface area contributed by atoms with Gasteiger partial charge in [-0.1, -0.05) is 0 Å². The van der Waals surface area contributed by atoms with Crippen molar-refractivity contribution in [1.82, 2.24) is 9.97 Å². The number of alkyl halides is 3. The Labute approximate surface area is 114 Å². The molecule has 5 nitrogen and oxygen atoms in total. The molecule has 0 aromatic carbocycles. The molecule has 0 bridgehead atoms. The summed E-state index contributed by atoms with van der Waals surface area (Å²) in [5.41, 5.74) is -1.57. The van der Waals surface area contributed by atoms with E-state index in [1.165, 1.54) is 6.92 Å². The van der Waals surface area contributed by atoms with Gasteiger partial charge in [0.1, 0.15) is 5.69 Å². The molecule has 1 aromatic rings. The van der Waals surface area contributed by atoms with Crippen LogP contribution in [0.2, 0.25) is 0 Å². The van der Waals surface area contributed by atoms with Crippen molar-refractivity contribution in [3.05, 3.63) is 17.5 Å². The summed E-state index contributed by atoms with van der Waals surface area (Å²) in [5.74, 6) is -1.13. The molecule has 0 aliphatic heterocycles. The fraction of sp³-hybridized carbons (Fsp3) is 0.583. The number of anilines is 1. The van der Waals surface area contributed by atoms with Crippen molar-refractivity contribution in [3.8, 4) is 0 Å². The molecule has 1 heterocycles. The monoisotopic (exact) mass is 291 g/mol. The summed E-state index contributed by atoms with van der Waals surface area (Å²) in [6.45, 7) is 4.79. The standard InChI is InChI=1S/C12H16F3N3O2/c1-7-6-8(12(13,14)15)17-10(16-7)18-11(2,3)5-4-9(19)20/h6H,4-5H2,1-3H3,(H,19,20)(H,16,17,18). The van der Waals surface area contributed by atoms with E-state index in [-0.39, 0.29) is 24.5 Å². The molecule has 2 N–H and O–H groups in total. The molecule has 112 valence electrons. The third-order valence-corrected chi connectivity index (χ3v) is 2.56. The number of carboxylic acid groups (broad SMARTS) is 1. The lowest BCUT2D eigenvalue weighted by atomic mass is 9.99. The molecule has 1 rings (SSSR count). The van der Waals surface area contributed by atoms with Gasteiger partial charge in [0.05, 0.1) is 0 Å². The number of carboxylic acids is 1. The lowest BCUT2D eigenvalue weighted by Gasteiger charge is -2.26. The highest BCUT2D eigenvalue weighted by Gasteiger charge is 2.33. The van der Waals surface area contributed by atoms with Crippen LogP contribution in [-0.2, 0) is 11.0 Å². The number of nitrogens with zero attached hydrogens (tertiary/aromatic N) is 2. The summed E-state index contributed by atoms with van der Waals surface area (Å²) in [6, 6.07) is 0.857. The Kier molecular flexibility index (Phi) is 4.57. The van der Waals surface area contributed by atoms with E-state index in [4.69, 9.17) is 5.11 Å². The summed E-state index contributed by atoms with van der Waals surface area (Å²) in [7, 11) is 0. The Hall–Kier alpha value is -1.86. The highest BCUT2D eigenvalue weighted by Crippen LogP contribution is 2.29. The summed E-state index contributed by atoms with van der Waals surface area (Å²) in [5, 5.41) is 11.4. The maximum absolute atomic E-state index is 12.6. The fourth-order valence-corrected chi connectivity index (χ4v) is 1.55. The van der Waals surface area contributed by atoms with E-state index >= 15 is 0 Å². The summed E-state index contributed by atoms with van der Waals surface area (Å²) < 4.78 is 37.9. The molecule has 20 heavy (non-hydrogen) atoms. The largest absolute Gasteiger partial charge is 0.481 e. The number of carbonyl (C=O) groups is 1. The molecule has 1 aromatic heterocycles. The first-order chi connectivity index (χ1) is 8.99. The van der Waals surface area contributed by atoms with Crippen molar-refractivity contribution in [2.45, 2.75) is 45.3 Å². The number of halogens is 3. The number of rotatable bonds is 5. The van der Waals surface area contributed by atoms with Crippen molar-refractivity contribution in [1.29, 1.82) is 0 Å². The highest BCUT2D eigenvalue weighted by molar-refractivity contribution is 5.66. The van der Waals surface area contributed by atoms with Gasteiger partial charge in [0.25, 0.3) is 0 Å². The molecule has 0 fully saturated rings. The third kappa shape index (κ3) is 5.02. The molecule has 0 aliphatic rings. The number of aromatic nitrogens is 2. The first-order valence-corrected chi connectivity index (χ1v) is 5.92. The molecule has 8 heteroatoms. The van der Waals surface area contributed by atoms with Crippen LogP contribution in [0.3, 0.4) is 0 Å². The van der Waals surface area contributed by atoms with Crippen molar-refractivity contribution < 1.29 is 23.1 Å². The molecule has 0 atom stereocenters. The predicted molar refractivity (Wildman–Crippen MR) is 66.3 cm³/mol. The van der Waals surface area contributed by atoms with Gasteiger partial charge >= 0.3 is 12.1 Å². The zero-order valence-electron chi connectivity index (χ0n) is 11.4. The number of hydrogen-bond acceptors (Lipinski definition) is 4. The fourth-order valence-electron chi connectivity index (χ4n) is 1.55. The topological polar surface area (TPSA) is 75.1 Å². The van der Waals surface area contributed by atoms with Crippen LogP contribution in [0.5, 0.6) is 0 Å². The average molecular weight is 291 g/mol. The number of nitrogens with one attached hydrogen (secondary N) is 1. The van der Waals surface area contributed by atoms with Gasteiger partial charge in [-0.15, -0.1) is 0 Å². The Balaban J connectivity index is 2.92. The van der Waals surface area contributed by atoms with Crippen LogP contribution in [0, 0.1) is 6.92 Å². The lowest BCUT2D eigenvalue weighted by Crippen LogP contribution is -2.33. The zero-order chi connectivity index (χ0) is 15.6. The minimum absolute atomic E-state index is 0.0993. The second-order valence-corrected chi connectivity index (χ2v) is 5.12. The van der Waals surface area contributed by atoms with E-state index in [1.807, 2.05) is 0 Å². The molecular formula is C12H16F3N3O2. The number of hydrogen-bond donors (Lipinski definition) is 2. The van der Waals surface area contributed by atoms with Crippen LogP contribution in [0.1, 0.15) is 38.1 Å². The van der Waals surface area contributed by atoms with E-state index in [9.17, 15) is 18.0 Å². The Bertz CT molecular complexity index is 501. The van der Waals surface area contributed by atoms with Crippen molar-refractivity contribution >= 4 is 11.9 Å². The second-order valence-electron chi connectivity index (χ2n) is 5.12. The molecule has 0 saturated carbocycles. The van der Waals surface area contributed by atoms with Gasteiger partial charge in [-0.3, -0.25) is 4.79 Å². The van der Waals surface area contributed by atoms with E-state index in [0.29, 0.717) is 0 Å². The maximum atomic E-state index is 12.6. The van der Waals surface area contributed by atoms with E-state index in [0.717, 1.165) is 6.07 Å². The third-order valence-electron chi connectivity index (χ3n) is 2.56. The minimum Gasteiger partial charge on any atom is -0.481 e. The minimum atomic E-state index is -4.55. The molecule has 0 radical (unpaired) electrons. The van der Waals surface area contributed by atoms with Crippen molar-refractivity contribution in [2.24, 2.45) is 0 Å². The van der Waals surface area contributed by atoms with Gasteiger partial charge in [-0.25, -0.2) is 9.97 Å². The first-order valence-electron chi connectivity index (χ1n) is 5.92. The normalized spacial score (nSPS) is 12.3. The van der Waals surface area contributed by atoms with Gasteiger partial charge in [0, 0.05) is 17.7 Å². The smallest absolute Gasteiger partial charge is 0.433 e. The van der Waals surface area contributed by atoms with Crippen LogP contribution >= 0.6 is 0 Å². The van der Waals surface area contributed by atoms with Gasteiger partial charge < -0.3 is 10.4 Å². The molecular weight excluding hydrogens is 275 g/mol. The van der Waals surface area contributed by atoms with Gasteiger partial charge in [-0.05, 0) is 33.3 Å². The first kappa shape index (κ1) is 16.2. The number of aryl methyl sites for hydroxylation is 1. The quantitative estimate of drug-likeness (QED) is 0.872. The second kappa shape index (κ2) is 5.64. The van der Waals surface area contributed by atoms with Gasteiger partial charge in [0.15, 0.2) is 0 Å². The lowest BCUT2D eigenvalue weighted by molar-refractivity contribution is -0.141. The van der Waals surface area contributed by atoms with Crippen LogP contribution in [0.25, 0.3) is 0 Å². The summed E-state index contributed by atoms with van der Waals surface area (Å²) in [4.78, 5) is 17.8. The molecule has 0 amide bonds. The average Bonchev–Trinajstić information content (AvgIpc) is 2.24. The summed E-state index contributed by atoms with van der Waals surface area (Å²) in [6.07, 6.45) is -4.41. The Morgan fingerprint density at radius 1 is 1.35 bits per heavy atom. The maximum Gasteiger partial charge on any atom is 0.433 e. The predicted octanol–water partition coefficient (Wildman–Crippen LogP) is 2.86. The van der Waals surface area contributed by atoms with Crippen LogP contribution in [0.4, 0.5) is 19.1 Å². The van der Waals surface area contributed by atoms with Crippen LogP contribution < -0.4 is 5.32 Å². The summed E-state index contributed by atoms with van der Waals surface area (Å²) >= 11 is 0. The van der Waals surface area contributed by atoms with Crippen molar-refractivity contribution in [2.75, 3.05) is 5.32 Å². The zero-order valence-corrected chi connectivity index (χ0v) is 11.4. The number of aliphatic carboxylic acids is 1. The molecule has 0 unspecified atom stereocenters. The van der Waals surface area contributed by atoms with Crippen LogP contribution in [-0.4, -0.2) is 26.6 Å². The molecule has 0 aliphatic carbocycles. The van der Waals surface area contributed by atoms with Gasteiger partial charge in [0.2, 0.25) is 5.95 Å². The highest BCUT2D eigenvalue weighted by atomic mass is 19.4. The van der Waals surface area contributed by atoms with Crippen molar-refractivity contribution in [3.63, 3.8) is 0 Å². The van der Waals surface area contributed by atoms with E-state index in [1.54, 1.807) is 13.8 Å². The van der Waals surface area contributed by atoms with Crippen LogP contribution in [0.15, 0.2) is 6.07 Å². The van der Waals surface area contributed by atoms with Gasteiger partial charge in [-0.2, -0.15) is 13.2 Å². The Morgan fingerprint density at radius 3 is 2.45 bits per heavy atom. The molecule has 0 spiro atoms. The van der Waals surface area contributed by atoms with E-state index in [2.05, 4.69) is 15.3 Å². The Morgan fingerprint density at radius 2 is 1.95 bits per heavy atom. The SMILES string of the molecule is Cc1cc(C(F)(F)F)nc(NC(C)(C)CCC(=O)O)n1. The molecule has 0 saturated heterocycles. The van der Waals surface area contributed by atoms with E-state index < -0.39 is 23.4 Å².